The van der Waals surface area contributed by atoms with E-state index in [0.29, 0.717) is 6.42 Å². The fourth-order valence-electron chi connectivity index (χ4n) is 3.26. The number of hydrogen-bond donors (Lipinski definition) is 1. The standard InChI is InChI=1S/C16H29N3O2.ClH/c1-16(2,3)10-14(20)19-9-5-6-13(19)15(21)18(4)12-7-8-17-11-12;/h12-13,17H,5-11H2,1-4H3;1H. The minimum atomic E-state index is -0.245. The van der Waals surface area contributed by atoms with Crippen molar-refractivity contribution < 1.29 is 9.59 Å². The molecule has 2 atom stereocenters. The molecule has 0 saturated carbocycles. The Bertz CT molecular complexity index is 403. The molecule has 128 valence electrons. The predicted octanol–water partition coefficient (Wildman–Crippen LogP) is 1.66. The molecule has 0 aliphatic carbocycles. The number of hydrogen-bond acceptors (Lipinski definition) is 3. The summed E-state index contributed by atoms with van der Waals surface area (Å²) in [5.41, 5.74) is -0.0332. The van der Waals surface area contributed by atoms with Gasteiger partial charge in [-0.15, -0.1) is 12.4 Å². The molecular formula is C16H30ClN3O2. The Labute approximate surface area is 140 Å². The second-order valence-electron chi connectivity index (χ2n) is 7.58. The molecule has 0 bridgehead atoms. The van der Waals surface area contributed by atoms with E-state index in [4.69, 9.17) is 0 Å². The van der Waals surface area contributed by atoms with Crippen molar-refractivity contribution in [3.05, 3.63) is 0 Å². The molecule has 0 radical (unpaired) electrons. The number of likely N-dealkylation sites (tertiary alicyclic amines) is 1. The van der Waals surface area contributed by atoms with Crippen LogP contribution in [0.5, 0.6) is 0 Å². The summed E-state index contributed by atoms with van der Waals surface area (Å²) in [6.07, 6.45) is 3.25. The maximum atomic E-state index is 12.7. The van der Waals surface area contributed by atoms with Crippen LogP contribution in [-0.2, 0) is 9.59 Å². The third-order valence-corrected chi connectivity index (χ3v) is 4.47. The van der Waals surface area contributed by atoms with Crippen molar-refractivity contribution >= 4 is 24.2 Å². The van der Waals surface area contributed by atoms with Crippen molar-refractivity contribution in [2.24, 2.45) is 5.41 Å². The van der Waals surface area contributed by atoms with Crippen LogP contribution < -0.4 is 5.32 Å². The van der Waals surface area contributed by atoms with E-state index < -0.39 is 0 Å². The van der Waals surface area contributed by atoms with Gasteiger partial charge in [0.25, 0.3) is 0 Å². The third-order valence-electron chi connectivity index (χ3n) is 4.47. The molecule has 2 amide bonds. The number of likely N-dealkylation sites (N-methyl/N-ethyl adjacent to an activating group) is 1. The zero-order valence-electron chi connectivity index (χ0n) is 14.2. The molecule has 6 heteroatoms. The van der Waals surface area contributed by atoms with E-state index in [1.165, 1.54) is 0 Å². The number of amides is 2. The van der Waals surface area contributed by atoms with Crippen molar-refractivity contribution in [1.29, 1.82) is 0 Å². The molecule has 0 spiro atoms. The van der Waals surface area contributed by atoms with Gasteiger partial charge in [-0.1, -0.05) is 20.8 Å². The van der Waals surface area contributed by atoms with Crippen LogP contribution in [0.2, 0.25) is 0 Å². The highest BCUT2D eigenvalue weighted by atomic mass is 35.5. The summed E-state index contributed by atoms with van der Waals surface area (Å²) < 4.78 is 0. The van der Waals surface area contributed by atoms with Gasteiger partial charge in [-0.3, -0.25) is 9.59 Å². The van der Waals surface area contributed by atoms with Gasteiger partial charge in [0.15, 0.2) is 0 Å². The number of rotatable bonds is 3. The maximum absolute atomic E-state index is 12.7. The molecule has 2 fully saturated rings. The van der Waals surface area contributed by atoms with Crippen molar-refractivity contribution in [2.45, 2.75) is 58.5 Å². The van der Waals surface area contributed by atoms with E-state index in [-0.39, 0.29) is 41.7 Å². The molecule has 5 nitrogen and oxygen atoms in total. The number of carbonyl (C=O) groups is 2. The summed E-state index contributed by atoms with van der Waals surface area (Å²) in [6, 6.07) is 0.0307. The molecule has 0 aromatic rings. The van der Waals surface area contributed by atoms with E-state index in [0.717, 1.165) is 38.9 Å². The molecule has 0 aromatic heterocycles. The van der Waals surface area contributed by atoms with Gasteiger partial charge in [-0.2, -0.15) is 0 Å². The molecular weight excluding hydrogens is 302 g/mol. The normalized spacial score (nSPS) is 25.0. The van der Waals surface area contributed by atoms with Crippen LogP contribution in [0.15, 0.2) is 0 Å². The fraction of sp³-hybridized carbons (Fsp3) is 0.875. The molecule has 2 aliphatic rings. The summed E-state index contributed by atoms with van der Waals surface area (Å²) >= 11 is 0. The molecule has 22 heavy (non-hydrogen) atoms. The number of nitrogens with one attached hydrogen (secondary N) is 1. The number of nitrogens with zero attached hydrogens (tertiary/aromatic N) is 2. The topological polar surface area (TPSA) is 52.7 Å². The minimum Gasteiger partial charge on any atom is -0.340 e. The Hall–Kier alpha value is -0.810. The second-order valence-corrected chi connectivity index (χ2v) is 7.58. The van der Waals surface area contributed by atoms with Gasteiger partial charge < -0.3 is 15.1 Å². The average molecular weight is 332 g/mol. The van der Waals surface area contributed by atoms with Gasteiger partial charge in [-0.25, -0.2) is 0 Å². The van der Waals surface area contributed by atoms with Gasteiger partial charge in [-0.05, 0) is 31.2 Å². The first kappa shape index (κ1) is 19.2. The smallest absolute Gasteiger partial charge is 0.245 e. The molecule has 2 aliphatic heterocycles. The van der Waals surface area contributed by atoms with Gasteiger partial charge >= 0.3 is 0 Å². The number of halogens is 1. The van der Waals surface area contributed by atoms with E-state index >= 15 is 0 Å². The van der Waals surface area contributed by atoms with Crippen LogP contribution in [-0.4, -0.2) is 60.4 Å². The lowest BCUT2D eigenvalue weighted by molar-refractivity contribution is -0.145. The molecule has 2 saturated heterocycles. The minimum absolute atomic E-state index is 0. The van der Waals surface area contributed by atoms with E-state index in [1.54, 1.807) is 0 Å². The van der Waals surface area contributed by atoms with Crippen LogP contribution in [0.1, 0.15) is 46.5 Å². The lowest BCUT2D eigenvalue weighted by Crippen LogP contribution is -2.50. The van der Waals surface area contributed by atoms with E-state index in [9.17, 15) is 9.59 Å². The highest BCUT2D eigenvalue weighted by Gasteiger charge is 2.38. The van der Waals surface area contributed by atoms with Crippen molar-refractivity contribution in [2.75, 3.05) is 26.7 Å². The molecule has 0 aromatic carbocycles. The molecule has 2 heterocycles. The Balaban J connectivity index is 0.00000242. The zero-order chi connectivity index (χ0) is 15.6. The number of carbonyl (C=O) groups excluding carboxylic acids is 2. The van der Waals surface area contributed by atoms with Crippen LogP contribution in [0.4, 0.5) is 0 Å². The molecule has 2 unspecified atom stereocenters. The van der Waals surface area contributed by atoms with E-state index in [1.807, 2.05) is 16.8 Å². The van der Waals surface area contributed by atoms with Gasteiger partial charge in [0.05, 0.1) is 0 Å². The SMILES string of the molecule is CN(C(=O)C1CCCN1C(=O)CC(C)(C)C)C1CCNC1.Cl. The first-order chi connectivity index (χ1) is 9.79. The van der Waals surface area contributed by atoms with Gasteiger partial charge in [0, 0.05) is 32.6 Å². The average Bonchev–Trinajstić information content (AvgIpc) is 3.05. The lowest BCUT2D eigenvalue weighted by atomic mass is 9.91. The Morgan fingerprint density at radius 2 is 1.95 bits per heavy atom. The first-order valence-corrected chi connectivity index (χ1v) is 8.06. The Kier molecular flexibility index (Phi) is 6.68. The van der Waals surface area contributed by atoms with Crippen molar-refractivity contribution in [3.63, 3.8) is 0 Å². The Morgan fingerprint density at radius 3 is 2.50 bits per heavy atom. The molecule has 2 rings (SSSR count). The maximum Gasteiger partial charge on any atom is 0.245 e. The summed E-state index contributed by atoms with van der Waals surface area (Å²) in [5.74, 6) is 0.236. The third kappa shape index (κ3) is 4.59. The highest BCUT2D eigenvalue weighted by molar-refractivity contribution is 5.88. The summed E-state index contributed by atoms with van der Waals surface area (Å²) in [7, 11) is 1.88. The molecule has 1 N–H and O–H groups in total. The first-order valence-electron chi connectivity index (χ1n) is 8.06. The highest BCUT2D eigenvalue weighted by Crippen LogP contribution is 2.26. The van der Waals surface area contributed by atoms with Crippen molar-refractivity contribution in [3.8, 4) is 0 Å². The zero-order valence-corrected chi connectivity index (χ0v) is 15.0. The van der Waals surface area contributed by atoms with Crippen LogP contribution in [0.25, 0.3) is 0 Å². The van der Waals surface area contributed by atoms with Crippen LogP contribution in [0, 0.1) is 5.41 Å². The fourth-order valence-corrected chi connectivity index (χ4v) is 3.26. The van der Waals surface area contributed by atoms with Gasteiger partial charge in [0.2, 0.25) is 11.8 Å². The Morgan fingerprint density at radius 1 is 1.27 bits per heavy atom. The quantitative estimate of drug-likeness (QED) is 0.855. The lowest BCUT2D eigenvalue weighted by Gasteiger charge is -2.32. The van der Waals surface area contributed by atoms with Gasteiger partial charge in [0.1, 0.15) is 6.04 Å². The second kappa shape index (κ2) is 7.64. The predicted molar refractivity (Wildman–Crippen MR) is 90.1 cm³/mol. The summed E-state index contributed by atoms with van der Waals surface area (Å²) in [5, 5.41) is 3.29. The monoisotopic (exact) mass is 331 g/mol. The largest absolute Gasteiger partial charge is 0.340 e. The van der Waals surface area contributed by atoms with Crippen molar-refractivity contribution in [1.82, 2.24) is 15.1 Å². The van der Waals surface area contributed by atoms with E-state index in [2.05, 4.69) is 26.1 Å². The van der Waals surface area contributed by atoms with Crippen LogP contribution >= 0.6 is 12.4 Å². The summed E-state index contributed by atoms with van der Waals surface area (Å²) in [6.45, 7) is 8.75. The summed E-state index contributed by atoms with van der Waals surface area (Å²) in [4.78, 5) is 28.8. The van der Waals surface area contributed by atoms with Crippen LogP contribution in [0.3, 0.4) is 0 Å².